The number of nitriles is 1. The van der Waals surface area contributed by atoms with Crippen LogP contribution in [0, 0.1) is 17.9 Å². The molecule has 2 heterocycles. The van der Waals surface area contributed by atoms with E-state index in [0.29, 0.717) is 12.2 Å². The van der Waals surface area contributed by atoms with Crippen molar-refractivity contribution in [1.82, 2.24) is 0 Å². The minimum atomic E-state index is -0.215. The molecule has 0 aromatic heterocycles. The summed E-state index contributed by atoms with van der Waals surface area (Å²) in [5, 5.41) is 9.35. The van der Waals surface area contributed by atoms with Gasteiger partial charge < -0.3 is 9.64 Å². The summed E-state index contributed by atoms with van der Waals surface area (Å²) >= 11 is 0. The van der Waals surface area contributed by atoms with Crippen LogP contribution in [-0.2, 0) is 4.74 Å². The van der Waals surface area contributed by atoms with E-state index >= 15 is 0 Å². The van der Waals surface area contributed by atoms with Crippen LogP contribution in [-0.4, -0.2) is 13.1 Å². The zero-order valence-corrected chi connectivity index (χ0v) is 17.5. The molecular weight excluding hydrogens is 382 g/mol. The summed E-state index contributed by atoms with van der Waals surface area (Å²) in [6.07, 6.45) is 9.90. The second-order valence-corrected chi connectivity index (χ2v) is 7.84. The number of rotatable bonds is 4. The highest BCUT2D eigenvalue weighted by molar-refractivity contribution is 5.58. The molecule has 31 heavy (non-hydrogen) atoms. The maximum absolute atomic E-state index is 9.35. The first kappa shape index (κ1) is 20.5. The predicted molar refractivity (Wildman–Crippen MR) is 124 cm³/mol. The average Bonchev–Trinajstić information content (AvgIpc) is 2.85. The van der Waals surface area contributed by atoms with Crippen LogP contribution < -0.4 is 4.90 Å². The van der Waals surface area contributed by atoms with Crippen molar-refractivity contribution < 1.29 is 4.74 Å². The van der Waals surface area contributed by atoms with E-state index < -0.39 is 0 Å². The fourth-order valence-corrected chi connectivity index (χ4v) is 4.07. The largest absolute Gasteiger partial charge is 0.485 e. The smallest absolute Gasteiger partial charge is 0.265 e. The lowest BCUT2D eigenvalue weighted by atomic mass is 9.97. The Morgan fingerprint density at radius 1 is 1.03 bits per heavy atom. The number of nitrogens with zero attached hydrogens (tertiary/aromatic N) is 3. The molecule has 1 atom stereocenters. The summed E-state index contributed by atoms with van der Waals surface area (Å²) in [6.45, 7) is 9.59. The number of benzene rings is 2. The van der Waals surface area contributed by atoms with Gasteiger partial charge in [0.1, 0.15) is 11.9 Å². The van der Waals surface area contributed by atoms with Gasteiger partial charge in [-0.15, -0.1) is 0 Å². The predicted octanol–water partition coefficient (Wildman–Crippen LogP) is 6.43. The Morgan fingerprint density at radius 3 is 2.45 bits per heavy atom. The van der Waals surface area contributed by atoms with E-state index in [-0.39, 0.29) is 11.8 Å². The van der Waals surface area contributed by atoms with E-state index in [9.17, 15) is 5.26 Å². The summed E-state index contributed by atoms with van der Waals surface area (Å²) < 4.78 is 6.20. The lowest BCUT2D eigenvalue weighted by molar-refractivity contribution is 0.118. The molecule has 0 N–H and O–H groups in total. The molecule has 154 valence electrons. The highest BCUT2D eigenvalue weighted by atomic mass is 16.5. The van der Waals surface area contributed by atoms with Gasteiger partial charge in [-0.25, -0.2) is 10.1 Å². The van der Waals surface area contributed by atoms with Crippen LogP contribution in [0.5, 0.6) is 0 Å². The van der Waals surface area contributed by atoms with Gasteiger partial charge in [-0.2, -0.15) is 0 Å². The van der Waals surface area contributed by atoms with Crippen molar-refractivity contribution in [3.05, 3.63) is 106 Å². The van der Waals surface area contributed by atoms with Gasteiger partial charge in [-0.1, -0.05) is 48.5 Å². The van der Waals surface area contributed by atoms with Crippen LogP contribution in [0.2, 0.25) is 0 Å². The second-order valence-electron chi connectivity index (χ2n) is 7.84. The standard InChI is InChI=1S/C27H25N3O/c1-29-26(20-28)23-18-25(31-27(19-23)22-8-4-2-5-9-22)15-12-21-10-13-24(14-11-21)30-16-6-3-7-17-30/h2,4-5,8-15,18,27H,3,6-7,16-17,19H2/b15-12+,26-23+. The lowest BCUT2D eigenvalue weighted by Crippen LogP contribution is -2.29. The van der Waals surface area contributed by atoms with Crippen molar-refractivity contribution >= 4 is 11.8 Å². The summed E-state index contributed by atoms with van der Waals surface area (Å²) in [4.78, 5) is 5.85. The Hall–Kier alpha value is -3.76. The van der Waals surface area contributed by atoms with E-state index in [1.165, 1.54) is 24.9 Å². The van der Waals surface area contributed by atoms with Crippen molar-refractivity contribution in [2.24, 2.45) is 0 Å². The molecule has 0 radical (unpaired) electrons. The second kappa shape index (κ2) is 9.83. The maximum atomic E-state index is 9.35. The van der Waals surface area contributed by atoms with Gasteiger partial charge in [-0.3, -0.25) is 0 Å². The zero-order valence-electron chi connectivity index (χ0n) is 17.5. The molecule has 2 aromatic carbocycles. The molecule has 2 aromatic rings. The number of hydrogen-bond acceptors (Lipinski definition) is 3. The molecular formula is C27H25N3O. The molecule has 0 saturated carbocycles. The lowest BCUT2D eigenvalue weighted by Gasteiger charge is -2.28. The van der Waals surface area contributed by atoms with Crippen LogP contribution in [0.25, 0.3) is 10.9 Å². The molecule has 0 spiro atoms. The molecule has 4 heteroatoms. The van der Waals surface area contributed by atoms with Crippen molar-refractivity contribution in [3.63, 3.8) is 0 Å². The van der Waals surface area contributed by atoms with E-state index in [1.807, 2.05) is 54.6 Å². The Balaban J connectivity index is 1.55. The minimum absolute atomic E-state index is 0.126. The molecule has 1 saturated heterocycles. The van der Waals surface area contributed by atoms with Gasteiger partial charge in [0.15, 0.2) is 0 Å². The van der Waals surface area contributed by atoms with Crippen molar-refractivity contribution in [1.29, 1.82) is 5.26 Å². The van der Waals surface area contributed by atoms with Crippen molar-refractivity contribution in [2.45, 2.75) is 31.8 Å². The normalized spacial score (nSPS) is 20.4. The van der Waals surface area contributed by atoms with E-state index in [1.54, 1.807) is 0 Å². The summed E-state index contributed by atoms with van der Waals surface area (Å²) in [7, 11) is 0. The molecule has 2 aliphatic rings. The van der Waals surface area contributed by atoms with Gasteiger partial charge >= 0.3 is 0 Å². The van der Waals surface area contributed by atoms with Gasteiger partial charge in [0.05, 0.1) is 12.6 Å². The van der Waals surface area contributed by atoms with Crippen LogP contribution in [0.3, 0.4) is 0 Å². The van der Waals surface area contributed by atoms with Gasteiger partial charge in [0, 0.05) is 25.2 Å². The highest BCUT2D eigenvalue weighted by Gasteiger charge is 2.22. The molecule has 2 aliphatic heterocycles. The number of piperidine rings is 1. The van der Waals surface area contributed by atoms with E-state index in [0.717, 1.165) is 29.8 Å². The van der Waals surface area contributed by atoms with Crippen LogP contribution >= 0.6 is 0 Å². The summed E-state index contributed by atoms with van der Waals surface area (Å²) in [5.41, 5.74) is 4.24. The molecule has 0 amide bonds. The fourth-order valence-electron chi connectivity index (χ4n) is 4.07. The SMILES string of the molecule is [C-]#[N+]/C(C#N)=C1C=C(/C=C/c2ccc(N3CCCCC3)cc2)OC(c2ccccc2)C\1. The Bertz CT molecular complexity index is 1060. The highest BCUT2D eigenvalue weighted by Crippen LogP contribution is 2.35. The first-order valence-electron chi connectivity index (χ1n) is 10.7. The Labute approximate surface area is 184 Å². The third kappa shape index (κ3) is 5.05. The average molecular weight is 408 g/mol. The molecule has 0 bridgehead atoms. The first-order chi connectivity index (χ1) is 15.3. The summed E-state index contributed by atoms with van der Waals surface area (Å²) in [6, 6.07) is 20.5. The van der Waals surface area contributed by atoms with Crippen LogP contribution in [0.4, 0.5) is 5.69 Å². The minimum Gasteiger partial charge on any atom is -0.485 e. The van der Waals surface area contributed by atoms with Crippen LogP contribution in [0.15, 0.2) is 83.8 Å². The topological polar surface area (TPSA) is 40.6 Å². The van der Waals surface area contributed by atoms with Crippen LogP contribution in [0.1, 0.15) is 42.9 Å². The monoisotopic (exact) mass is 407 g/mol. The third-order valence-electron chi connectivity index (χ3n) is 5.75. The molecule has 4 nitrogen and oxygen atoms in total. The van der Waals surface area contributed by atoms with E-state index in [4.69, 9.17) is 11.3 Å². The van der Waals surface area contributed by atoms with Gasteiger partial charge in [0.25, 0.3) is 5.70 Å². The van der Waals surface area contributed by atoms with Crippen molar-refractivity contribution in [3.8, 4) is 6.07 Å². The third-order valence-corrected chi connectivity index (χ3v) is 5.75. The maximum Gasteiger partial charge on any atom is 0.265 e. The quantitative estimate of drug-likeness (QED) is 0.433. The fraction of sp³-hybridized carbons (Fsp3) is 0.259. The molecule has 4 rings (SSSR count). The van der Waals surface area contributed by atoms with Gasteiger partial charge in [-0.05, 0) is 60.2 Å². The van der Waals surface area contributed by atoms with E-state index in [2.05, 4.69) is 34.0 Å². The first-order valence-corrected chi connectivity index (χ1v) is 10.7. The number of anilines is 1. The molecule has 1 fully saturated rings. The summed E-state index contributed by atoms with van der Waals surface area (Å²) in [5.74, 6) is 0.659. The molecule has 0 aliphatic carbocycles. The Morgan fingerprint density at radius 2 is 1.77 bits per heavy atom. The molecule has 1 unspecified atom stereocenters. The number of hydrogen-bond donors (Lipinski definition) is 0. The van der Waals surface area contributed by atoms with Gasteiger partial charge in [0.2, 0.25) is 0 Å². The Kier molecular flexibility index (Phi) is 6.50. The van der Waals surface area contributed by atoms with Crippen molar-refractivity contribution in [2.75, 3.05) is 18.0 Å². The zero-order chi connectivity index (χ0) is 21.5. The number of allylic oxidation sites excluding steroid dienone is 3. The number of ether oxygens (including phenoxy) is 1.